The molecule has 0 aliphatic heterocycles. The summed E-state index contributed by atoms with van der Waals surface area (Å²) < 4.78 is 2.60. The lowest BCUT2D eigenvalue weighted by atomic mass is 11.6. The third-order valence-corrected chi connectivity index (χ3v) is 8.59. The van der Waals surface area contributed by atoms with Gasteiger partial charge >= 0.3 is 0 Å². The lowest BCUT2D eigenvalue weighted by Crippen LogP contribution is -2.43. The third kappa shape index (κ3) is 3.08. The van der Waals surface area contributed by atoms with Crippen LogP contribution in [-0.4, -0.2) is 38.0 Å². The number of nitrogens with zero attached hydrogens (tertiary/aromatic N) is 1. The molecule has 0 radical (unpaired) electrons. The second-order valence-corrected chi connectivity index (χ2v) is 13.9. The Morgan fingerprint density at radius 2 is 1.30 bits per heavy atom. The van der Waals surface area contributed by atoms with E-state index in [-0.39, 0.29) is 0 Å². The average molecular weight is 179 g/mol. The van der Waals surface area contributed by atoms with Gasteiger partial charge < -0.3 is 0 Å². The zero-order valence-corrected chi connectivity index (χ0v) is 10.2. The molecule has 64 valence electrons. The summed E-state index contributed by atoms with van der Waals surface area (Å²) in [5.74, 6) is 0. The smallest absolute Gasteiger partial charge is 0.129 e. The van der Waals surface area contributed by atoms with Gasteiger partial charge in [0.05, 0.1) is 0 Å². The van der Waals surface area contributed by atoms with Gasteiger partial charge in [-0.1, -0.05) is 19.6 Å². The predicted octanol–water partition coefficient (Wildman–Crippen LogP) is 2.36. The van der Waals surface area contributed by atoms with Crippen LogP contribution in [0.4, 0.5) is 0 Å². The molecule has 0 aliphatic rings. The van der Waals surface area contributed by atoms with Crippen molar-refractivity contribution in [2.24, 2.45) is 0 Å². The van der Waals surface area contributed by atoms with E-state index in [4.69, 9.17) is 0 Å². The van der Waals surface area contributed by atoms with E-state index >= 15 is 0 Å². The molecule has 0 aromatic heterocycles. The van der Waals surface area contributed by atoms with Crippen molar-refractivity contribution in [1.82, 2.24) is 3.97 Å². The van der Waals surface area contributed by atoms with E-state index in [1.54, 1.807) is 0 Å². The Balaban J connectivity index is 4.23. The highest BCUT2D eigenvalue weighted by molar-refractivity contribution is 8.30. The molecule has 0 rings (SSSR count). The van der Waals surface area contributed by atoms with Crippen LogP contribution in [0.2, 0.25) is 19.6 Å². The number of hydrogen-bond acceptors (Lipinski definition) is 1. The van der Waals surface area contributed by atoms with E-state index in [1.165, 1.54) is 0 Å². The molecule has 0 heterocycles. The van der Waals surface area contributed by atoms with Crippen LogP contribution < -0.4 is 0 Å². The first kappa shape index (κ1) is 10.5. The molecular weight excluding hydrogens is 158 g/mol. The average Bonchev–Trinajstić information content (AvgIpc) is 1.59. The summed E-state index contributed by atoms with van der Waals surface area (Å²) in [6.07, 6.45) is 7.06. The van der Waals surface area contributed by atoms with Crippen LogP contribution in [0.1, 0.15) is 0 Å². The van der Waals surface area contributed by atoms with Gasteiger partial charge in [0.25, 0.3) is 0 Å². The molecule has 0 aromatic carbocycles. The molecule has 0 saturated heterocycles. The Morgan fingerprint density at radius 3 is 1.30 bits per heavy atom. The summed E-state index contributed by atoms with van der Waals surface area (Å²) >= 11 is 0. The minimum absolute atomic E-state index is 0.465. The predicted molar refractivity (Wildman–Crippen MR) is 56.5 cm³/mol. The lowest BCUT2D eigenvalue weighted by molar-refractivity contribution is 0.828. The first-order valence-corrected chi connectivity index (χ1v) is 9.84. The summed E-state index contributed by atoms with van der Waals surface area (Å²) in [6.45, 7) is 7.18. The van der Waals surface area contributed by atoms with Crippen molar-refractivity contribution in [3.8, 4) is 0 Å². The van der Waals surface area contributed by atoms with Crippen molar-refractivity contribution >= 4 is 18.4 Å². The van der Waals surface area contributed by atoms with E-state index in [9.17, 15) is 0 Å². The zero-order chi connectivity index (χ0) is 8.58. The number of rotatable bonds is 2. The Morgan fingerprint density at radius 1 is 1.00 bits per heavy atom. The molecule has 0 aromatic rings. The fourth-order valence-corrected chi connectivity index (χ4v) is 7.39. The molecule has 0 fully saturated rings. The van der Waals surface area contributed by atoms with E-state index in [0.29, 0.717) is 0 Å². The van der Waals surface area contributed by atoms with Crippen molar-refractivity contribution in [3.05, 3.63) is 0 Å². The number of hydrogen-bond donors (Lipinski definition) is 0. The van der Waals surface area contributed by atoms with E-state index in [2.05, 4.69) is 49.4 Å². The van der Waals surface area contributed by atoms with Crippen LogP contribution >= 0.6 is 10.2 Å². The molecule has 10 heavy (non-hydrogen) atoms. The van der Waals surface area contributed by atoms with Gasteiger partial charge in [-0.05, 0) is 25.8 Å². The Labute approximate surface area is 68.3 Å². The minimum Gasteiger partial charge on any atom is -0.291 e. The van der Waals surface area contributed by atoms with Crippen LogP contribution in [0.3, 0.4) is 0 Å². The largest absolute Gasteiger partial charge is 0.291 e. The van der Waals surface area contributed by atoms with E-state index in [1.807, 2.05) is 0 Å². The fraction of sp³-hybridized carbons (Fsp3) is 1.00. The van der Waals surface area contributed by atoms with Crippen molar-refractivity contribution < 1.29 is 0 Å². The van der Waals surface area contributed by atoms with Gasteiger partial charge in [-0.15, -0.1) is 0 Å². The first-order valence-electron chi connectivity index (χ1n) is 3.58. The van der Waals surface area contributed by atoms with Gasteiger partial charge in [0.15, 0.2) is 0 Å². The van der Waals surface area contributed by atoms with Crippen molar-refractivity contribution in [3.63, 3.8) is 0 Å². The van der Waals surface area contributed by atoms with Gasteiger partial charge in [-0.2, -0.15) is 0 Å². The standard InChI is InChI=1S/C7H21NSSi/c1-8(9(2,3)4)10(5,6)7/h1-7H3. The molecule has 0 aliphatic carbocycles. The quantitative estimate of drug-likeness (QED) is 0.588. The summed E-state index contributed by atoms with van der Waals surface area (Å²) in [6, 6.07) is 0. The molecule has 0 saturated carbocycles. The maximum Gasteiger partial charge on any atom is 0.129 e. The van der Waals surface area contributed by atoms with Crippen LogP contribution in [0.15, 0.2) is 0 Å². The molecule has 1 nitrogen and oxygen atoms in total. The van der Waals surface area contributed by atoms with Crippen LogP contribution in [0.25, 0.3) is 0 Å². The van der Waals surface area contributed by atoms with Crippen molar-refractivity contribution in [2.75, 3.05) is 25.8 Å². The summed E-state index contributed by atoms with van der Waals surface area (Å²) in [7, 11) is 0.774. The normalized spacial score (nSPS) is 16.0. The fourth-order valence-electron chi connectivity index (χ4n) is 0.822. The van der Waals surface area contributed by atoms with Gasteiger partial charge in [0.2, 0.25) is 0 Å². The second-order valence-electron chi connectivity index (χ2n) is 4.44. The highest BCUT2D eigenvalue weighted by Gasteiger charge is 2.26. The molecule has 0 spiro atoms. The molecule has 0 bridgehead atoms. The summed E-state index contributed by atoms with van der Waals surface area (Å²) in [5, 5.41) is 0. The van der Waals surface area contributed by atoms with Crippen LogP contribution in [0, 0.1) is 0 Å². The van der Waals surface area contributed by atoms with Gasteiger partial charge in [-0.3, -0.25) is 3.97 Å². The Kier molecular flexibility index (Phi) is 3.02. The third-order valence-electron chi connectivity index (χ3n) is 1.77. The SMILES string of the molecule is CN([Si](C)(C)C)S(C)(C)C. The highest BCUT2D eigenvalue weighted by Crippen LogP contribution is 2.41. The second kappa shape index (κ2) is 2.87. The lowest BCUT2D eigenvalue weighted by Gasteiger charge is -2.45. The maximum atomic E-state index is 2.60. The molecule has 0 amide bonds. The summed E-state index contributed by atoms with van der Waals surface area (Å²) in [4.78, 5) is 0. The van der Waals surface area contributed by atoms with Crippen molar-refractivity contribution in [1.29, 1.82) is 0 Å². The van der Waals surface area contributed by atoms with Crippen LogP contribution in [-0.2, 0) is 0 Å². The zero-order valence-electron chi connectivity index (χ0n) is 8.36. The molecule has 0 unspecified atom stereocenters. The molecule has 0 N–H and O–H groups in total. The van der Waals surface area contributed by atoms with Gasteiger partial charge in [-0.25, -0.2) is 10.2 Å². The molecule has 0 atom stereocenters. The highest BCUT2D eigenvalue weighted by atomic mass is 32.3. The monoisotopic (exact) mass is 179 g/mol. The summed E-state index contributed by atoms with van der Waals surface area (Å²) in [5.41, 5.74) is 0. The Bertz CT molecular complexity index is 97.8. The first-order chi connectivity index (χ1) is 4.15. The maximum absolute atomic E-state index is 2.60. The molecular formula is C7H21NSSi. The van der Waals surface area contributed by atoms with Crippen LogP contribution in [0.5, 0.6) is 0 Å². The van der Waals surface area contributed by atoms with Gasteiger partial charge in [0, 0.05) is 0 Å². The van der Waals surface area contributed by atoms with Gasteiger partial charge in [0.1, 0.15) is 8.24 Å². The van der Waals surface area contributed by atoms with E-state index < -0.39 is 18.4 Å². The van der Waals surface area contributed by atoms with E-state index in [0.717, 1.165) is 0 Å². The topological polar surface area (TPSA) is 3.24 Å². The minimum atomic E-state index is -1.03. The van der Waals surface area contributed by atoms with Crippen molar-refractivity contribution in [2.45, 2.75) is 19.6 Å². The Hall–Kier alpha value is 0.527. The molecule has 3 heteroatoms.